The third-order valence-corrected chi connectivity index (χ3v) is 5.43. The maximum Gasteiger partial charge on any atom is 0.254 e. The van der Waals surface area contributed by atoms with Crippen LogP contribution in [0, 0.1) is 0 Å². The molecule has 0 bridgehead atoms. The number of ether oxygens (including phenoxy) is 1. The number of carbonyl (C=O) groups is 1. The summed E-state index contributed by atoms with van der Waals surface area (Å²) in [6.45, 7) is 4.68. The normalized spacial score (nSPS) is 15.8. The monoisotopic (exact) mass is 398 g/mol. The van der Waals surface area contributed by atoms with Crippen molar-refractivity contribution in [3.05, 3.63) is 50.6 Å². The highest BCUT2D eigenvalue weighted by molar-refractivity contribution is 7.08. The fourth-order valence-corrected chi connectivity index (χ4v) is 3.80. The molecule has 25 heavy (non-hydrogen) atoms. The van der Waals surface area contributed by atoms with Crippen molar-refractivity contribution in [3.8, 4) is 5.75 Å². The first-order valence-electron chi connectivity index (χ1n) is 8.25. The van der Waals surface area contributed by atoms with E-state index < -0.39 is 0 Å². The average Bonchev–Trinajstić information content (AvgIpc) is 3.04. The predicted octanol–water partition coefficient (Wildman–Crippen LogP) is 4.28. The first kappa shape index (κ1) is 18.5. The van der Waals surface area contributed by atoms with Crippen molar-refractivity contribution in [2.24, 2.45) is 0 Å². The van der Waals surface area contributed by atoms with Crippen molar-refractivity contribution in [1.29, 1.82) is 0 Å². The third kappa shape index (κ3) is 5.11. The molecule has 1 amide bonds. The number of thiophene rings is 1. The van der Waals surface area contributed by atoms with E-state index in [1.807, 2.05) is 21.7 Å². The van der Waals surface area contributed by atoms with Crippen LogP contribution in [0.1, 0.15) is 16.8 Å². The number of rotatable bonds is 5. The van der Waals surface area contributed by atoms with Crippen LogP contribution in [0.3, 0.4) is 0 Å². The first-order chi connectivity index (χ1) is 12.1. The SMILES string of the molecule is O=C(c1ccsc1)N1CCCN(CCOc2cc(Cl)ccc2Cl)CC1. The van der Waals surface area contributed by atoms with Crippen LogP contribution in [0.25, 0.3) is 0 Å². The molecule has 4 nitrogen and oxygen atoms in total. The Hall–Kier alpha value is -1.27. The van der Waals surface area contributed by atoms with Crippen LogP contribution in [-0.2, 0) is 0 Å². The Labute approximate surface area is 161 Å². The molecular weight excluding hydrogens is 379 g/mol. The molecule has 1 aliphatic heterocycles. The highest BCUT2D eigenvalue weighted by atomic mass is 35.5. The Morgan fingerprint density at radius 3 is 2.84 bits per heavy atom. The minimum atomic E-state index is 0.130. The molecule has 0 atom stereocenters. The molecule has 0 aliphatic carbocycles. The van der Waals surface area contributed by atoms with Gasteiger partial charge < -0.3 is 9.64 Å². The second-order valence-corrected chi connectivity index (χ2v) is 7.55. The van der Waals surface area contributed by atoms with E-state index in [1.165, 1.54) is 0 Å². The van der Waals surface area contributed by atoms with Crippen molar-refractivity contribution >= 4 is 40.4 Å². The van der Waals surface area contributed by atoms with Gasteiger partial charge in [0.05, 0.1) is 10.6 Å². The zero-order valence-electron chi connectivity index (χ0n) is 13.8. The fourth-order valence-electron chi connectivity index (χ4n) is 2.84. The summed E-state index contributed by atoms with van der Waals surface area (Å²) in [5.41, 5.74) is 0.789. The molecular formula is C18H20Cl2N2O2S. The number of amides is 1. The summed E-state index contributed by atoms with van der Waals surface area (Å²) in [6.07, 6.45) is 0.966. The minimum absolute atomic E-state index is 0.130. The van der Waals surface area contributed by atoms with Crippen LogP contribution >= 0.6 is 34.5 Å². The fraction of sp³-hybridized carbons (Fsp3) is 0.389. The number of halogens is 2. The van der Waals surface area contributed by atoms with E-state index in [-0.39, 0.29) is 5.91 Å². The van der Waals surface area contributed by atoms with Crippen LogP contribution in [0.5, 0.6) is 5.75 Å². The van der Waals surface area contributed by atoms with Gasteiger partial charge in [0, 0.05) is 49.2 Å². The Balaban J connectivity index is 1.47. The smallest absolute Gasteiger partial charge is 0.254 e. The lowest BCUT2D eigenvalue weighted by Gasteiger charge is -2.22. The molecule has 7 heteroatoms. The van der Waals surface area contributed by atoms with Gasteiger partial charge >= 0.3 is 0 Å². The maximum atomic E-state index is 12.5. The summed E-state index contributed by atoms with van der Waals surface area (Å²) in [6, 6.07) is 7.09. The first-order valence-corrected chi connectivity index (χ1v) is 9.95. The van der Waals surface area contributed by atoms with Gasteiger partial charge in [-0.15, -0.1) is 0 Å². The second kappa shape index (κ2) is 8.90. The Bertz CT molecular complexity index is 709. The van der Waals surface area contributed by atoms with E-state index in [4.69, 9.17) is 27.9 Å². The summed E-state index contributed by atoms with van der Waals surface area (Å²) < 4.78 is 5.76. The zero-order valence-corrected chi connectivity index (χ0v) is 16.1. The summed E-state index contributed by atoms with van der Waals surface area (Å²) in [5.74, 6) is 0.739. The molecule has 134 valence electrons. The van der Waals surface area contributed by atoms with E-state index in [1.54, 1.807) is 29.5 Å². The van der Waals surface area contributed by atoms with Crippen LogP contribution in [0.2, 0.25) is 10.0 Å². The summed E-state index contributed by atoms with van der Waals surface area (Å²) in [5, 5.41) is 5.02. The van der Waals surface area contributed by atoms with Crippen molar-refractivity contribution in [3.63, 3.8) is 0 Å². The molecule has 1 aromatic carbocycles. The molecule has 0 N–H and O–H groups in total. The van der Waals surface area contributed by atoms with Gasteiger partial charge in [0.2, 0.25) is 0 Å². The van der Waals surface area contributed by atoms with Gasteiger partial charge in [0.15, 0.2) is 0 Å². The molecule has 0 radical (unpaired) electrons. The van der Waals surface area contributed by atoms with Crippen molar-refractivity contribution < 1.29 is 9.53 Å². The van der Waals surface area contributed by atoms with Crippen molar-refractivity contribution in [2.75, 3.05) is 39.3 Å². The minimum Gasteiger partial charge on any atom is -0.491 e. The third-order valence-electron chi connectivity index (χ3n) is 4.20. The highest BCUT2D eigenvalue weighted by Crippen LogP contribution is 2.27. The Morgan fingerprint density at radius 1 is 1.16 bits per heavy atom. The lowest BCUT2D eigenvalue weighted by Crippen LogP contribution is -2.36. The molecule has 2 heterocycles. The highest BCUT2D eigenvalue weighted by Gasteiger charge is 2.20. The van der Waals surface area contributed by atoms with Gasteiger partial charge in [-0.1, -0.05) is 23.2 Å². The van der Waals surface area contributed by atoms with E-state index in [2.05, 4.69) is 4.90 Å². The lowest BCUT2D eigenvalue weighted by atomic mass is 10.3. The summed E-state index contributed by atoms with van der Waals surface area (Å²) in [7, 11) is 0. The molecule has 0 spiro atoms. The van der Waals surface area contributed by atoms with Crippen molar-refractivity contribution in [2.45, 2.75) is 6.42 Å². The van der Waals surface area contributed by atoms with Crippen LogP contribution in [0.4, 0.5) is 0 Å². The van der Waals surface area contributed by atoms with Gasteiger partial charge in [-0.25, -0.2) is 0 Å². The Morgan fingerprint density at radius 2 is 2.04 bits per heavy atom. The van der Waals surface area contributed by atoms with E-state index in [0.29, 0.717) is 22.4 Å². The number of hydrogen-bond acceptors (Lipinski definition) is 4. The predicted molar refractivity (Wildman–Crippen MR) is 103 cm³/mol. The Kier molecular flexibility index (Phi) is 6.59. The average molecular weight is 399 g/mol. The number of benzene rings is 1. The quantitative estimate of drug-likeness (QED) is 0.753. The summed E-state index contributed by atoms with van der Waals surface area (Å²) >= 11 is 13.6. The molecule has 1 saturated heterocycles. The van der Waals surface area contributed by atoms with E-state index in [0.717, 1.165) is 44.7 Å². The van der Waals surface area contributed by atoms with E-state index >= 15 is 0 Å². The zero-order chi connectivity index (χ0) is 17.6. The van der Waals surface area contributed by atoms with Crippen LogP contribution in [-0.4, -0.2) is 55.0 Å². The number of carbonyl (C=O) groups excluding carboxylic acids is 1. The number of nitrogens with zero attached hydrogens (tertiary/aromatic N) is 2. The van der Waals surface area contributed by atoms with Gasteiger partial charge in [0.25, 0.3) is 5.91 Å². The van der Waals surface area contributed by atoms with Gasteiger partial charge in [-0.2, -0.15) is 11.3 Å². The van der Waals surface area contributed by atoms with Gasteiger partial charge in [0.1, 0.15) is 12.4 Å². The van der Waals surface area contributed by atoms with Crippen LogP contribution in [0.15, 0.2) is 35.0 Å². The molecule has 0 unspecified atom stereocenters. The van der Waals surface area contributed by atoms with Crippen molar-refractivity contribution in [1.82, 2.24) is 9.80 Å². The summed E-state index contributed by atoms with van der Waals surface area (Å²) in [4.78, 5) is 16.7. The lowest BCUT2D eigenvalue weighted by molar-refractivity contribution is 0.0761. The molecule has 0 saturated carbocycles. The number of hydrogen-bond donors (Lipinski definition) is 0. The molecule has 3 rings (SSSR count). The van der Waals surface area contributed by atoms with E-state index in [9.17, 15) is 4.79 Å². The largest absolute Gasteiger partial charge is 0.491 e. The molecule has 1 aromatic heterocycles. The van der Waals surface area contributed by atoms with Gasteiger partial charge in [-0.3, -0.25) is 9.69 Å². The maximum absolute atomic E-state index is 12.5. The standard InChI is InChI=1S/C18H20Cl2N2O2S/c19-15-2-3-16(20)17(12-15)24-10-9-21-5-1-6-22(8-7-21)18(23)14-4-11-25-13-14/h2-4,11-13H,1,5-10H2. The molecule has 1 aliphatic rings. The second-order valence-electron chi connectivity index (χ2n) is 5.92. The topological polar surface area (TPSA) is 32.8 Å². The van der Waals surface area contributed by atoms with Gasteiger partial charge in [-0.05, 0) is 30.0 Å². The molecule has 1 fully saturated rings. The van der Waals surface area contributed by atoms with Crippen LogP contribution < -0.4 is 4.74 Å². The molecule has 2 aromatic rings.